The standard InChI is InChI=1S/C14H13N3O2/c1-9(14(18)19)7-17-13-10(6-15)8-16-12-5-3-2-4-11(12)13/h2-5,8-9H,7H2,1H3,(H,16,17)(H,18,19). The molecule has 1 aromatic heterocycles. The Morgan fingerprint density at radius 3 is 2.95 bits per heavy atom. The van der Waals surface area contributed by atoms with E-state index in [-0.39, 0.29) is 6.54 Å². The Hall–Kier alpha value is -2.61. The molecule has 0 amide bonds. The third kappa shape index (κ3) is 2.63. The number of para-hydroxylation sites is 1. The molecular weight excluding hydrogens is 242 g/mol. The number of carboxylic acid groups (broad SMARTS) is 1. The van der Waals surface area contributed by atoms with Crippen molar-refractivity contribution in [3.05, 3.63) is 36.0 Å². The number of pyridine rings is 1. The van der Waals surface area contributed by atoms with Gasteiger partial charge < -0.3 is 10.4 Å². The lowest BCUT2D eigenvalue weighted by molar-refractivity contribution is -0.140. The van der Waals surface area contributed by atoms with E-state index < -0.39 is 11.9 Å². The molecule has 1 unspecified atom stereocenters. The Kier molecular flexibility index (Phi) is 3.62. The molecule has 96 valence electrons. The third-order valence-corrected chi connectivity index (χ3v) is 2.90. The van der Waals surface area contributed by atoms with Gasteiger partial charge in [-0.25, -0.2) is 0 Å². The molecule has 0 bridgehead atoms. The molecule has 19 heavy (non-hydrogen) atoms. The maximum atomic E-state index is 10.8. The first-order valence-corrected chi connectivity index (χ1v) is 5.88. The van der Waals surface area contributed by atoms with Crippen molar-refractivity contribution in [1.29, 1.82) is 5.26 Å². The van der Waals surface area contributed by atoms with Crippen molar-refractivity contribution in [2.24, 2.45) is 5.92 Å². The number of nitrogens with zero attached hydrogens (tertiary/aromatic N) is 2. The number of nitrogens with one attached hydrogen (secondary N) is 1. The fourth-order valence-electron chi connectivity index (χ4n) is 1.76. The molecule has 1 atom stereocenters. The number of anilines is 1. The average Bonchev–Trinajstić information content (AvgIpc) is 2.43. The third-order valence-electron chi connectivity index (χ3n) is 2.90. The summed E-state index contributed by atoms with van der Waals surface area (Å²) >= 11 is 0. The second kappa shape index (κ2) is 5.36. The maximum absolute atomic E-state index is 10.8. The number of hydrogen-bond acceptors (Lipinski definition) is 4. The first-order chi connectivity index (χ1) is 9.13. The van der Waals surface area contributed by atoms with Crippen LogP contribution in [0.2, 0.25) is 0 Å². The van der Waals surface area contributed by atoms with E-state index in [9.17, 15) is 4.79 Å². The van der Waals surface area contributed by atoms with E-state index in [1.807, 2.05) is 24.3 Å². The summed E-state index contributed by atoms with van der Waals surface area (Å²) < 4.78 is 0. The number of carboxylic acids is 1. The van der Waals surface area contributed by atoms with Gasteiger partial charge in [0.05, 0.1) is 22.7 Å². The van der Waals surface area contributed by atoms with Crippen LogP contribution >= 0.6 is 0 Å². The highest BCUT2D eigenvalue weighted by Crippen LogP contribution is 2.25. The van der Waals surface area contributed by atoms with Crippen LogP contribution in [-0.4, -0.2) is 22.6 Å². The summed E-state index contributed by atoms with van der Waals surface area (Å²) in [4.78, 5) is 15.0. The van der Waals surface area contributed by atoms with Crippen LogP contribution < -0.4 is 5.32 Å². The summed E-state index contributed by atoms with van der Waals surface area (Å²) in [6, 6.07) is 9.50. The second-order valence-corrected chi connectivity index (χ2v) is 4.30. The Morgan fingerprint density at radius 2 is 2.26 bits per heavy atom. The Bertz CT molecular complexity index is 661. The van der Waals surface area contributed by atoms with Crippen molar-refractivity contribution in [3.8, 4) is 6.07 Å². The number of fused-ring (bicyclic) bond motifs is 1. The quantitative estimate of drug-likeness (QED) is 0.875. The van der Waals surface area contributed by atoms with Gasteiger partial charge in [0.1, 0.15) is 6.07 Å². The molecule has 0 saturated heterocycles. The van der Waals surface area contributed by atoms with Crippen LogP contribution in [0.5, 0.6) is 0 Å². The average molecular weight is 255 g/mol. The van der Waals surface area contributed by atoms with E-state index in [1.165, 1.54) is 6.20 Å². The van der Waals surface area contributed by atoms with Crippen LogP contribution in [0.4, 0.5) is 5.69 Å². The van der Waals surface area contributed by atoms with Crippen LogP contribution in [0.25, 0.3) is 10.9 Å². The Balaban J connectivity index is 2.40. The first kappa shape index (κ1) is 12.8. The van der Waals surface area contributed by atoms with E-state index >= 15 is 0 Å². The fraction of sp³-hybridized carbons (Fsp3) is 0.214. The van der Waals surface area contributed by atoms with Crippen LogP contribution in [0.3, 0.4) is 0 Å². The van der Waals surface area contributed by atoms with Crippen molar-refractivity contribution < 1.29 is 9.90 Å². The molecular formula is C14H13N3O2. The summed E-state index contributed by atoms with van der Waals surface area (Å²) in [6.07, 6.45) is 1.50. The molecule has 1 aromatic carbocycles. The van der Waals surface area contributed by atoms with Crippen LogP contribution in [0, 0.1) is 17.2 Å². The maximum Gasteiger partial charge on any atom is 0.308 e. The first-order valence-electron chi connectivity index (χ1n) is 5.88. The smallest absolute Gasteiger partial charge is 0.308 e. The molecule has 2 rings (SSSR count). The normalized spacial score (nSPS) is 11.8. The van der Waals surface area contributed by atoms with Crippen molar-refractivity contribution in [3.63, 3.8) is 0 Å². The largest absolute Gasteiger partial charge is 0.481 e. The fourth-order valence-corrected chi connectivity index (χ4v) is 1.76. The molecule has 0 radical (unpaired) electrons. The molecule has 2 N–H and O–H groups in total. The van der Waals surface area contributed by atoms with E-state index in [1.54, 1.807) is 6.92 Å². The minimum atomic E-state index is -0.871. The number of rotatable bonds is 4. The van der Waals surface area contributed by atoms with Crippen molar-refractivity contribution >= 4 is 22.6 Å². The molecule has 0 fully saturated rings. The van der Waals surface area contributed by atoms with Crippen molar-refractivity contribution in [1.82, 2.24) is 4.98 Å². The Morgan fingerprint density at radius 1 is 1.53 bits per heavy atom. The Labute approximate surface area is 110 Å². The SMILES string of the molecule is CC(CNc1c(C#N)cnc2ccccc12)C(=O)O. The summed E-state index contributed by atoms with van der Waals surface area (Å²) in [6.45, 7) is 1.88. The van der Waals surface area contributed by atoms with Gasteiger partial charge in [-0.2, -0.15) is 5.26 Å². The molecule has 2 aromatic rings. The number of carbonyl (C=O) groups is 1. The lowest BCUT2D eigenvalue weighted by atomic mass is 10.1. The minimum Gasteiger partial charge on any atom is -0.481 e. The van der Waals surface area contributed by atoms with Gasteiger partial charge in [-0.15, -0.1) is 0 Å². The molecule has 0 spiro atoms. The van der Waals surface area contributed by atoms with Gasteiger partial charge in [-0.05, 0) is 6.07 Å². The lowest BCUT2D eigenvalue weighted by Gasteiger charge is -2.13. The number of hydrogen-bond donors (Lipinski definition) is 2. The monoisotopic (exact) mass is 255 g/mol. The second-order valence-electron chi connectivity index (χ2n) is 4.30. The van der Waals surface area contributed by atoms with Gasteiger partial charge in [0.25, 0.3) is 0 Å². The van der Waals surface area contributed by atoms with Crippen molar-refractivity contribution in [2.75, 3.05) is 11.9 Å². The van der Waals surface area contributed by atoms with Gasteiger partial charge in [0.15, 0.2) is 0 Å². The molecule has 5 nitrogen and oxygen atoms in total. The van der Waals surface area contributed by atoms with E-state index in [0.29, 0.717) is 11.3 Å². The summed E-state index contributed by atoms with van der Waals surface area (Å²) in [5.74, 6) is -1.40. The molecule has 0 saturated carbocycles. The van der Waals surface area contributed by atoms with Crippen LogP contribution in [0.1, 0.15) is 12.5 Å². The number of aromatic nitrogens is 1. The predicted octanol–water partition coefficient (Wildman–Crippen LogP) is 2.24. The molecule has 0 aliphatic carbocycles. The molecule has 5 heteroatoms. The summed E-state index contributed by atoms with van der Waals surface area (Å²) in [5.41, 5.74) is 1.82. The molecule has 1 heterocycles. The van der Waals surface area contributed by atoms with Crippen molar-refractivity contribution in [2.45, 2.75) is 6.92 Å². The highest BCUT2D eigenvalue weighted by Gasteiger charge is 2.13. The van der Waals surface area contributed by atoms with Gasteiger partial charge in [-0.3, -0.25) is 9.78 Å². The van der Waals surface area contributed by atoms with E-state index in [0.717, 1.165) is 10.9 Å². The lowest BCUT2D eigenvalue weighted by Crippen LogP contribution is -2.20. The van der Waals surface area contributed by atoms with E-state index in [4.69, 9.17) is 10.4 Å². The summed E-state index contributed by atoms with van der Waals surface area (Å²) in [5, 5.41) is 21.9. The zero-order valence-corrected chi connectivity index (χ0v) is 10.4. The topological polar surface area (TPSA) is 86.0 Å². The van der Waals surface area contributed by atoms with Gasteiger partial charge in [0.2, 0.25) is 0 Å². The van der Waals surface area contributed by atoms with Gasteiger partial charge >= 0.3 is 5.97 Å². The predicted molar refractivity (Wildman–Crippen MR) is 71.7 cm³/mol. The minimum absolute atomic E-state index is 0.262. The highest BCUT2D eigenvalue weighted by atomic mass is 16.4. The zero-order valence-electron chi connectivity index (χ0n) is 10.4. The number of nitriles is 1. The number of aliphatic carboxylic acids is 1. The molecule has 0 aliphatic rings. The van der Waals surface area contributed by atoms with Gasteiger partial charge in [0, 0.05) is 18.1 Å². The highest BCUT2D eigenvalue weighted by molar-refractivity contribution is 5.93. The van der Waals surface area contributed by atoms with Crippen LogP contribution in [0.15, 0.2) is 30.5 Å². The van der Waals surface area contributed by atoms with Gasteiger partial charge in [-0.1, -0.05) is 25.1 Å². The number of benzene rings is 1. The zero-order chi connectivity index (χ0) is 13.8. The van der Waals surface area contributed by atoms with Crippen LogP contribution in [-0.2, 0) is 4.79 Å². The van der Waals surface area contributed by atoms with E-state index in [2.05, 4.69) is 16.4 Å². The summed E-state index contributed by atoms with van der Waals surface area (Å²) in [7, 11) is 0. The molecule has 0 aliphatic heterocycles.